The Labute approximate surface area is 205 Å². The minimum Gasteiger partial charge on any atom is -0.481 e. The zero-order valence-corrected chi connectivity index (χ0v) is 20.4. The fraction of sp³-hybridized carbons (Fsp3) is 0.370. The molecule has 1 unspecified atom stereocenters. The van der Waals surface area contributed by atoms with Crippen LogP contribution in [0.1, 0.15) is 49.7 Å². The van der Waals surface area contributed by atoms with Crippen molar-refractivity contribution in [2.75, 3.05) is 22.7 Å². The number of piperidine rings is 1. The maximum absolute atomic E-state index is 11.7. The summed E-state index contributed by atoms with van der Waals surface area (Å²) in [7, 11) is 0. The number of hydrogen-bond donors (Lipinski definition) is 2. The van der Waals surface area contributed by atoms with E-state index in [1.165, 1.54) is 35.9 Å². The Hall–Kier alpha value is -3.06. The van der Waals surface area contributed by atoms with E-state index < -0.39 is 11.4 Å². The number of carboxylic acid groups (broad SMARTS) is 1. The lowest BCUT2D eigenvalue weighted by Gasteiger charge is -2.38. The van der Waals surface area contributed by atoms with Crippen molar-refractivity contribution in [3.63, 3.8) is 0 Å². The van der Waals surface area contributed by atoms with Crippen LogP contribution in [-0.2, 0) is 4.79 Å². The third-order valence-corrected chi connectivity index (χ3v) is 7.58. The van der Waals surface area contributed by atoms with E-state index in [1.54, 1.807) is 0 Å². The highest BCUT2D eigenvalue weighted by molar-refractivity contribution is 8.00. The number of benzene rings is 1. The summed E-state index contributed by atoms with van der Waals surface area (Å²) >= 11 is 1.42. The van der Waals surface area contributed by atoms with Gasteiger partial charge in [0.15, 0.2) is 0 Å². The number of pyridine rings is 2. The van der Waals surface area contributed by atoms with Crippen LogP contribution in [0.15, 0.2) is 59.6 Å². The maximum Gasteiger partial charge on any atom is 0.311 e. The number of aryl methyl sites for hydroxylation is 1. The standard InChI is InChI=1S/C27H30N4O2S/c1-18-11-14-22(28-25(18)21-8-4-3-7-20(21)19-12-13-19)30-34-24-10-5-9-23(29-24)31-16-6-15-27(2,17-31)26(32)33/h3-5,7-11,14,19H,6,12-13,15-17H2,1-2H3,(H,28,30)(H,32,33). The van der Waals surface area contributed by atoms with Crippen LogP contribution >= 0.6 is 11.9 Å². The van der Waals surface area contributed by atoms with Gasteiger partial charge in [0.25, 0.3) is 0 Å². The van der Waals surface area contributed by atoms with Crippen LogP contribution in [0.25, 0.3) is 11.3 Å². The zero-order valence-electron chi connectivity index (χ0n) is 19.6. The van der Waals surface area contributed by atoms with Crippen LogP contribution in [0.3, 0.4) is 0 Å². The second kappa shape index (κ2) is 9.29. The van der Waals surface area contributed by atoms with Crippen molar-refractivity contribution in [3.8, 4) is 11.3 Å². The van der Waals surface area contributed by atoms with Crippen molar-refractivity contribution >= 4 is 29.6 Å². The van der Waals surface area contributed by atoms with Gasteiger partial charge in [-0.1, -0.05) is 36.4 Å². The molecule has 1 saturated heterocycles. The number of aliphatic carboxylic acids is 1. The van der Waals surface area contributed by atoms with Gasteiger partial charge in [0.1, 0.15) is 16.7 Å². The predicted molar refractivity (Wildman–Crippen MR) is 137 cm³/mol. The van der Waals surface area contributed by atoms with Crippen LogP contribution in [0.4, 0.5) is 11.6 Å². The van der Waals surface area contributed by atoms with Crippen molar-refractivity contribution in [1.82, 2.24) is 9.97 Å². The SMILES string of the molecule is Cc1ccc(NSc2cccc(N3CCCC(C)(C(=O)O)C3)n2)nc1-c1ccccc1C1CC1. The van der Waals surface area contributed by atoms with E-state index >= 15 is 0 Å². The number of carboxylic acids is 1. The first-order valence-electron chi connectivity index (χ1n) is 11.9. The Morgan fingerprint density at radius 3 is 2.74 bits per heavy atom. The van der Waals surface area contributed by atoms with E-state index in [1.807, 2.05) is 31.2 Å². The van der Waals surface area contributed by atoms with Gasteiger partial charge in [-0.05, 0) is 74.8 Å². The first-order valence-corrected chi connectivity index (χ1v) is 12.7. The third kappa shape index (κ3) is 4.75. The Kier molecular flexibility index (Phi) is 6.21. The zero-order chi connectivity index (χ0) is 23.7. The Bertz CT molecular complexity index is 1210. The van der Waals surface area contributed by atoms with Gasteiger partial charge in [-0.15, -0.1) is 0 Å². The number of nitrogens with zero attached hydrogens (tertiary/aromatic N) is 3. The quantitative estimate of drug-likeness (QED) is 0.398. The summed E-state index contributed by atoms with van der Waals surface area (Å²) in [5.41, 5.74) is 4.07. The van der Waals surface area contributed by atoms with Crippen LogP contribution < -0.4 is 9.62 Å². The smallest absolute Gasteiger partial charge is 0.311 e. The van der Waals surface area contributed by atoms with Gasteiger partial charge in [0.2, 0.25) is 0 Å². The normalized spacial score (nSPS) is 20.2. The van der Waals surface area contributed by atoms with E-state index in [9.17, 15) is 9.90 Å². The van der Waals surface area contributed by atoms with Gasteiger partial charge in [-0.2, -0.15) is 0 Å². The van der Waals surface area contributed by atoms with Crippen molar-refractivity contribution in [1.29, 1.82) is 0 Å². The molecule has 1 aromatic carbocycles. The average molecular weight is 475 g/mol. The summed E-state index contributed by atoms with van der Waals surface area (Å²) in [5.74, 6) is 1.52. The van der Waals surface area contributed by atoms with Gasteiger partial charge in [0, 0.05) is 30.6 Å². The number of anilines is 2. The van der Waals surface area contributed by atoms with E-state index in [4.69, 9.17) is 9.97 Å². The molecule has 2 fully saturated rings. The Morgan fingerprint density at radius 1 is 1.12 bits per heavy atom. The molecule has 1 aliphatic heterocycles. The number of aromatic nitrogens is 2. The lowest BCUT2D eigenvalue weighted by molar-refractivity contribution is -0.148. The molecule has 1 aliphatic carbocycles. The van der Waals surface area contributed by atoms with Crippen molar-refractivity contribution in [3.05, 3.63) is 65.7 Å². The summed E-state index contributed by atoms with van der Waals surface area (Å²) in [6, 6.07) is 18.6. The molecule has 0 spiro atoms. The highest BCUT2D eigenvalue weighted by Crippen LogP contribution is 2.44. The van der Waals surface area contributed by atoms with Gasteiger partial charge >= 0.3 is 5.97 Å². The molecule has 5 rings (SSSR count). The molecule has 3 heterocycles. The average Bonchev–Trinajstić information content (AvgIpc) is 3.69. The summed E-state index contributed by atoms with van der Waals surface area (Å²) in [6.45, 7) is 5.22. The molecule has 6 nitrogen and oxygen atoms in total. The second-order valence-corrected chi connectivity index (χ2v) is 10.5. The minimum atomic E-state index is -0.742. The highest BCUT2D eigenvalue weighted by Gasteiger charge is 2.38. The molecule has 1 atom stereocenters. The molecule has 2 N–H and O–H groups in total. The van der Waals surface area contributed by atoms with Crippen molar-refractivity contribution < 1.29 is 9.90 Å². The topological polar surface area (TPSA) is 78.4 Å². The Balaban J connectivity index is 1.32. The number of nitrogens with one attached hydrogen (secondary N) is 1. The van der Waals surface area contributed by atoms with Crippen LogP contribution in [0, 0.1) is 12.3 Å². The maximum atomic E-state index is 11.7. The fourth-order valence-corrected chi connectivity index (χ4v) is 5.28. The van der Waals surface area contributed by atoms with Gasteiger partial charge in [0.05, 0.1) is 11.1 Å². The van der Waals surface area contributed by atoms with Crippen LogP contribution in [0.5, 0.6) is 0 Å². The highest BCUT2D eigenvalue weighted by atomic mass is 32.2. The molecule has 0 amide bonds. The molecule has 1 saturated carbocycles. The summed E-state index contributed by atoms with van der Waals surface area (Å²) in [5, 5.41) is 10.5. The van der Waals surface area contributed by atoms with Crippen LogP contribution in [0.2, 0.25) is 0 Å². The predicted octanol–water partition coefficient (Wildman–Crippen LogP) is 6.14. The lowest BCUT2D eigenvalue weighted by atomic mass is 9.82. The lowest BCUT2D eigenvalue weighted by Crippen LogP contribution is -2.46. The molecule has 2 aliphatic rings. The number of carbonyl (C=O) groups is 1. The van der Waals surface area contributed by atoms with Gasteiger partial charge in [-0.25, -0.2) is 9.97 Å². The molecule has 0 bridgehead atoms. The molecule has 7 heteroatoms. The molecular formula is C27H30N4O2S. The van der Waals surface area contributed by atoms with Gasteiger partial charge in [-0.3, -0.25) is 4.79 Å². The monoisotopic (exact) mass is 474 g/mol. The molecule has 0 radical (unpaired) electrons. The molecular weight excluding hydrogens is 444 g/mol. The first kappa shape index (κ1) is 22.7. The van der Waals surface area contributed by atoms with E-state index in [0.717, 1.165) is 40.9 Å². The summed E-state index contributed by atoms with van der Waals surface area (Å²) < 4.78 is 3.36. The van der Waals surface area contributed by atoms with Crippen molar-refractivity contribution in [2.24, 2.45) is 5.41 Å². The molecule has 34 heavy (non-hydrogen) atoms. The molecule has 3 aromatic rings. The van der Waals surface area contributed by atoms with Crippen molar-refractivity contribution in [2.45, 2.75) is 50.5 Å². The number of rotatable bonds is 7. The van der Waals surface area contributed by atoms with E-state index in [2.05, 4.69) is 46.9 Å². The minimum absolute atomic E-state index is 0.472. The molecule has 176 valence electrons. The second-order valence-electron chi connectivity index (χ2n) is 9.65. The third-order valence-electron chi connectivity index (χ3n) is 6.84. The summed E-state index contributed by atoms with van der Waals surface area (Å²) in [4.78, 5) is 23.5. The number of hydrogen-bond acceptors (Lipinski definition) is 6. The largest absolute Gasteiger partial charge is 0.481 e. The molecule has 2 aromatic heterocycles. The Morgan fingerprint density at radius 2 is 1.94 bits per heavy atom. The van der Waals surface area contributed by atoms with E-state index in [-0.39, 0.29) is 0 Å². The fourth-order valence-electron chi connectivity index (χ4n) is 4.67. The first-order chi connectivity index (χ1) is 16.4. The van der Waals surface area contributed by atoms with Crippen LogP contribution in [-0.4, -0.2) is 34.1 Å². The summed E-state index contributed by atoms with van der Waals surface area (Å²) in [6.07, 6.45) is 4.06. The van der Waals surface area contributed by atoms with Gasteiger partial charge < -0.3 is 14.7 Å². The van der Waals surface area contributed by atoms with E-state index in [0.29, 0.717) is 18.9 Å².